The quantitative estimate of drug-likeness (QED) is 0.783. The number of aryl methyl sites for hydroxylation is 1. The monoisotopic (exact) mass is 306 g/mol. The van der Waals surface area contributed by atoms with Gasteiger partial charge in [-0.15, -0.1) is 24.0 Å². The first-order valence-electron chi connectivity index (χ1n) is 5.28. The SMILES string of the molecule is CCCn1ccnc1C1(C)CCC1.I. The highest BCUT2D eigenvalue weighted by Gasteiger charge is 2.36. The number of hydrogen-bond acceptors (Lipinski definition) is 1. The van der Waals surface area contributed by atoms with Gasteiger partial charge in [0.2, 0.25) is 0 Å². The Kier molecular flexibility index (Phi) is 3.98. The highest BCUT2D eigenvalue weighted by Crippen LogP contribution is 2.42. The zero-order valence-corrected chi connectivity index (χ0v) is 11.3. The average molecular weight is 306 g/mol. The van der Waals surface area contributed by atoms with Gasteiger partial charge in [-0.1, -0.05) is 20.3 Å². The van der Waals surface area contributed by atoms with E-state index in [0.29, 0.717) is 5.41 Å². The van der Waals surface area contributed by atoms with Crippen LogP contribution in [-0.4, -0.2) is 9.55 Å². The molecule has 0 radical (unpaired) electrons. The Morgan fingerprint density at radius 3 is 2.71 bits per heavy atom. The van der Waals surface area contributed by atoms with Crippen LogP contribution < -0.4 is 0 Å². The molecule has 1 aliphatic rings. The molecule has 1 aromatic rings. The van der Waals surface area contributed by atoms with Crippen LogP contribution in [0.15, 0.2) is 12.4 Å². The zero-order chi connectivity index (χ0) is 9.31. The summed E-state index contributed by atoms with van der Waals surface area (Å²) in [6.45, 7) is 5.67. The Balaban J connectivity index is 0.000000980. The van der Waals surface area contributed by atoms with Crippen LogP contribution in [0.2, 0.25) is 0 Å². The van der Waals surface area contributed by atoms with Crippen molar-refractivity contribution in [3.05, 3.63) is 18.2 Å². The molecule has 0 aliphatic heterocycles. The van der Waals surface area contributed by atoms with Gasteiger partial charge in [0.05, 0.1) is 0 Å². The Morgan fingerprint density at radius 2 is 2.21 bits per heavy atom. The number of hydrogen-bond donors (Lipinski definition) is 0. The van der Waals surface area contributed by atoms with Gasteiger partial charge in [-0.05, 0) is 19.3 Å². The smallest absolute Gasteiger partial charge is 0.114 e. The lowest BCUT2D eigenvalue weighted by molar-refractivity contribution is 0.247. The zero-order valence-electron chi connectivity index (χ0n) is 8.99. The second-order valence-electron chi connectivity index (χ2n) is 4.36. The number of rotatable bonds is 3. The highest BCUT2D eigenvalue weighted by atomic mass is 127. The van der Waals surface area contributed by atoms with Crippen molar-refractivity contribution < 1.29 is 0 Å². The summed E-state index contributed by atoms with van der Waals surface area (Å²) in [6, 6.07) is 0. The fraction of sp³-hybridized carbons (Fsp3) is 0.727. The van der Waals surface area contributed by atoms with Gasteiger partial charge in [0, 0.05) is 24.4 Å². The van der Waals surface area contributed by atoms with Crippen LogP contribution in [0.4, 0.5) is 0 Å². The first-order valence-corrected chi connectivity index (χ1v) is 5.28. The predicted octanol–water partition coefficient (Wildman–Crippen LogP) is 3.35. The maximum atomic E-state index is 4.49. The second-order valence-corrected chi connectivity index (χ2v) is 4.36. The first-order chi connectivity index (χ1) is 6.26. The molecular formula is C11H19IN2. The number of halogens is 1. The standard InChI is InChI=1S/C11H18N2.HI/c1-3-8-13-9-7-12-10(13)11(2)5-4-6-11;/h7,9H,3-6,8H2,1-2H3;1H. The van der Waals surface area contributed by atoms with E-state index in [1.165, 1.54) is 31.5 Å². The topological polar surface area (TPSA) is 17.8 Å². The van der Waals surface area contributed by atoms with E-state index in [4.69, 9.17) is 0 Å². The first kappa shape index (κ1) is 12.0. The minimum absolute atomic E-state index is 0. The fourth-order valence-electron chi connectivity index (χ4n) is 2.18. The van der Waals surface area contributed by atoms with E-state index >= 15 is 0 Å². The minimum atomic E-state index is 0. The van der Waals surface area contributed by atoms with Gasteiger partial charge < -0.3 is 4.57 Å². The summed E-state index contributed by atoms with van der Waals surface area (Å²) in [5.74, 6) is 1.31. The van der Waals surface area contributed by atoms with Gasteiger partial charge >= 0.3 is 0 Å². The maximum Gasteiger partial charge on any atom is 0.114 e. The normalized spacial score (nSPS) is 18.4. The van der Waals surface area contributed by atoms with Gasteiger partial charge in [-0.25, -0.2) is 4.98 Å². The summed E-state index contributed by atoms with van der Waals surface area (Å²) < 4.78 is 2.32. The summed E-state index contributed by atoms with van der Waals surface area (Å²) in [6.07, 6.45) is 9.24. The van der Waals surface area contributed by atoms with Crippen LogP contribution >= 0.6 is 24.0 Å². The fourth-order valence-corrected chi connectivity index (χ4v) is 2.18. The molecule has 0 amide bonds. The van der Waals surface area contributed by atoms with Crippen molar-refractivity contribution in [1.29, 1.82) is 0 Å². The van der Waals surface area contributed by atoms with Crippen LogP contribution in [0.25, 0.3) is 0 Å². The molecule has 80 valence electrons. The summed E-state index contributed by atoms with van der Waals surface area (Å²) in [4.78, 5) is 4.49. The molecule has 3 heteroatoms. The molecule has 1 heterocycles. The Bertz CT molecular complexity index is 289. The lowest BCUT2D eigenvalue weighted by Gasteiger charge is -2.37. The van der Waals surface area contributed by atoms with Crippen LogP contribution in [0, 0.1) is 0 Å². The van der Waals surface area contributed by atoms with E-state index in [0.717, 1.165) is 6.54 Å². The molecule has 0 aromatic carbocycles. The molecule has 2 rings (SSSR count). The molecule has 1 aliphatic carbocycles. The molecular weight excluding hydrogens is 287 g/mol. The van der Waals surface area contributed by atoms with E-state index in [1.54, 1.807) is 0 Å². The summed E-state index contributed by atoms with van der Waals surface area (Å²) in [5.41, 5.74) is 0.388. The Hall–Kier alpha value is -0.0600. The molecule has 1 aromatic heterocycles. The molecule has 0 atom stereocenters. The van der Waals surface area contributed by atoms with Crippen molar-refractivity contribution >= 4 is 24.0 Å². The lowest BCUT2D eigenvalue weighted by Crippen LogP contribution is -2.33. The van der Waals surface area contributed by atoms with Gasteiger partial charge in [-0.2, -0.15) is 0 Å². The third kappa shape index (κ3) is 1.97. The second kappa shape index (κ2) is 4.64. The number of nitrogens with zero attached hydrogens (tertiary/aromatic N) is 2. The van der Waals surface area contributed by atoms with Gasteiger partial charge in [-0.3, -0.25) is 0 Å². The number of imidazole rings is 1. The average Bonchev–Trinajstić information content (AvgIpc) is 2.49. The van der Waals surface area contributed by atoms with E-state index < -0.39 is 0 Å². The van der Waals surface area contributed by atoms with Crippen molar-refractivity contribution in [3.8, 4) is 0 Å². The molecule has 1 saturated carbocycles. The summed E-state index contributed by atoms with van der Waals surface area (Å²) >= 11 is 0. The molecule has 14 heavy (non-hydrogen) atoms. The van der Waals surface area contributed by atoms with Crippen molar-refractivity contribution in [3.63, 3.8) is 0 Å². The summed E-state index contributed by atoms with van der Waals surface area (Å²) in [5, 5.41) is 0. The van der Waals surface area contributed by atoms with Crippen molar-refractivity contribution in [2.45, 2.75) is 51.5 Å². The van der Waals surface area contributed by atoms with Crippen molar-refractivity contribution in [1.82, 2.24) is 9.55 Å². The molecule has 1 fully saturated rings. The molecule has 0 bridgehead atoms. The van der Waals surface area contributed by atoms with Crippen LogP contribution in [0.5, 0.6) is 0 Å². The molecule has 0 unspecified atom stereocenters. The van der Waals surface area contributed by atoms with E-state index in [2.05, 4.69) is 29.6 Å². The highest BCUT2D eigenvalue weighted by molar-refractivity contribution is 14.0. The van der Waals surface area contributed by atoms with Gasteiger partial charge in [0.1, 0.15) is 5.82 Å². The Morgan fingerprint density at radius 1 is 1.50 bits per heavy atom. The van der Waals surface area contributed by atoms with Crippen LogP contribution in [0.3, 0.4) is 0 Å². The lowest BCUT2D eigenvalue weighted by atomic mass is 9.70. The maximum absolute atomic E-state index is 4.49. The summed E-state index contributed by atoms with van der Waals surface area (Å²) in [7, 11) is 0. The molecule has 2 nitrogen and oxygen atoms in total. The number of aromatic nitrogens is 2. The van der Waals surface area contributed by atoms with E-state index in [1.807, 2.05) is 6.20 Å². The van der Waals surface area contributed by atoms with Crippen molar-refractivity contribution in [2.75, 3.05) is 0 Å². The third-order valence-electron chi connectivity index (χ3n) is 3.18. The third-order valence-corrected chi connectivity index (χ3v) is 3.18. The van der Waals surface area contributed by atoms with E-state index in [9.17, 15) is 0 Å². The van der Waals surface area contributed by atoms with Gasteiger partial charge in [0.15, 0.2) is 0 Å². The Labute approximate surface area is 103 Å². The largest absolute Gasteiger partial charge is 0.334 e. The predicted molar refractivity (Wildman–Crippen MR) is 69.1 cm³/mol. The molecule has 0 saturated heterocycles. The van der Waals surface area contributed by atoms with E-state index in [-0.39, 0.29) is 24.0 Å². The van der Waals surface area contributed by atoms with Crippen LogP contribution in [-0.2, 0) is 12.0 Å². The molecule has 0 spiro atoms. The van der Waals surface area contributed by atoms with Crippen LogP contribution in [0.1, 0.15) is 45.4 Å². The van der Waals surface area contributed by atoms with Crippen molar-refractivity contribution in [2.24, 2.45) is 0 Å². The minimum Gasteiger partial charge on any atom is -0.334 e. The molecule has 0 N–H and O–H groups in total. The van der Waals surface area contributed by atoms with Gasteiger partial charge in [0.25, 0.3) is 0 Å².